The van der Waals surface area contributed by atoms with Crippen molar-refractivity contribution < 1.29 is 4.79 Å². The van der Waals surface area contributed by atoms with Crippen LogP contribution in [0.3, 0.4) is 0 Å². The lowest BCUT2D eigenvalue weighted by Gasteiger charge is -2.22. The number of carbonyl (C=O) groups is 1. The number of hydrogen-bond donors (Lipinski definition) is 2. The quantitative estimate of drug-likeness (QED) is 0.815. The number of amides is 1. The first kappa shape index (κ1) is 19.2. The average Bonchev–Trinajstić information content (AvgIpc) is 2.99. The van der Waals surface area contributed by atoms with Crippen molar-refractivity contribution in [1.82, 2.24) is 14.9 Å². The zero-order valence-electron chi connectivity index (χ0n) is 13.7. The Morgan fingerprint density at radius 3 is 2.52 bits per heavy atom. The Balaban J connectivity index is 0.00000264. The molecule has 6 heteroatoms. The van der Waals surface area contributed by atoms with Crippen LogP contribution in [0.1, 0.15) is 37.8 Å². The normalized spacial score (nSPS) is 13.0. The van der Waals surface area contributed by atoms with Gasteiger partial charge in [-0.1, -0.05) is 37.6 Å². The van der Waals surface area contributed by atoms with E-state index in [1.807, 2.05) is 29.8 Å². The van der Waals surface area contributed by atoms with Gasteiger partial charge in [0.05, 0.1) is 11.9 Å². The summed E-state index contributed by atoms with van der Waals surface area (Å²) < 4.78 is 2.02. The van der Waals surface area contributed by atoms with Crippen LogP contribution in [0.4, 0.5) is 0 Å². The largest absolute Gasteiger partial charge is 0.350 e. The number of nitrogens with one attached hydrogen (secondary N) is 1. The molecule has 1 aromatic heterocycles. The summed E-state index contributed by atoms with van der Waals surface area (Å²) in [7, 11) is 0. The maximum Gasteiger partial charge on any atom is 0.240 e. The Hall–Kier alpha value is -1.85. The third-order valence-corrected chi connectivity index (χ3v) is 3.69. The maximum atomic E-state index is 12.1. The molecule has 5 nitrogen and oxygen atoms in total. The molecule has 23 heavy (non-hydrogen) atoms. The number of aromatic nitrogens is 2. The predicted molar refractivity (Wildman–Crippen MR) is 94.4 cm³/mol. The zero-order valence-corrected chi connectivity index (χ0v) is 14.5. The van der Waals surface area contributed by atoms with E-state index in [4.69, 9.17) is 5.73 Å². The predicted octanol–water partition coefficient (Wildman–Crippen LogP) is 2.49. The molecule has 1 heterocycles. The molecule has 1 atom stereocenters. The number of benzene rings is 1. The van der Waals surface area contributed by atoms with Crippen molar-refractivity contribution in [2.24, 2.45) is 5.73 Å². The van der Waals surface area contributed by atoms with Gasteiger partial charge in [-0.2, -0.15) is 0 Å². The summed E-state index contributed by atoms with van der Waals surface area (Å²) in [5, 5.41) is 2.91. The van der Waals surface area contributed by atoms with Crippen molar-refractivity contribution in [3.05, 3.63) is 54.1 Å². The van der Waals surface area contributed by atoms with Gasteiger partial charge in [0.15, 0.2) is 0 Å². The number of nitrogens with two attached hydrogens (primary N) is 1. The molecule has 0 aliphatic rings. The third-order valence-electron chi connectivity index (χ3n) is 3.69. The molecule has 1 unspecified atom stereocenters. The molecular weight excluding hydrogens is 312 g/mol. The second-order valence-corrected chi connectivity index (χ2v) is 5.90. The fourth-order valence-corrected chi connectivity index (χ4v) is 2.37. The van der Waals surface area contributed by atoms with Crippen LogP contribution >= 0.6 is 12.4 Å². The van der Waals surface area contributed by atoms with Gasteiger partial charge in [-0.3, -0.25) is 4.79 Å². The van der Waals surface area contributed by atoms with Gasteiger partial charge in [-0.15, -0.1) is 12.4 Å². The maximum absolute atomic E-state index is 12.1. The minimum absolute atomic E-state index is 0. The fraction of sp³-hybridized carbons (Fsp3) is 0.412. The molecule has 0 radical (unpaired) electrons. The summed E-state index contributed by atoms with van der Waals surface area (Å²) in [6.07, 6.45) is 7.07. The fourth-order valence-electron chi connectivity index (χ4n) is 2.37. The summed E-state index contributed by atoms with van der Waals surface area (Å²) >= 11 is 0. The highest BCUT2D eigenvalue weighted by molar-refractivity contribution is 5.85. The van der Waals surface area contributed by atoms with E-state index in [0.717, 1.165) is 18.5 Å². The number of imidazole rings is 1. The van der Waals surface area contributed by atoms with Gasteiger partial charge in [0.25, 0.3) is 0 Å². The van der Waals surface area contributed by atoms with Crippen molar-refractivity contribution in [3.63, 3.8) is 0 Å². The van der Waals surface area contributed by atoms with Crippen LogP contribution in [-0.2, 0) is 17.9 Å². The van der Waals surface area contributed by atoms with Gasteiger partial charge in [0, 0.05) is 25.5 Å². The van der Waals surface area contributed by atoms with Crippen molar-refractivity contribution in [2.75, 3.05) is 0 Å². The Morgan fingerprint density at radius 2 is 1.96 bits per heavy atom. The smallest absolute Gasteiger partial charge is 0.240 e. The minimum atomic E-state index is -0.796. The standard InChI is InChI=1S/C17H24N4O.ClH/c1-3-8-17(2,18)16(22)20-11-14-4-6-15(7-5-14)12-21-10-9-19-13-21;/h4-7,9-10,13H,3,8,11-12,18H2,1-2H3,(H,20,22);1H. The molecule has 0 aliphatic heterocycles. The van der Waals surface area contributed by atoms with E-state index >= 15 is 0 Å². The molecule has 1 amide bonds. The van der Waals surface area contributed by atoms with Gasteiger partial charge in [-0.25, -0.2) is 4.98 Å². The van der Waals surface area contributed by atoms with E-state index in [9.17, 15) is 4.79 Å². The first-order chi connectivity index (χ1) is 10.5. The Bertz CT molecular complexity index is 594. The van der Waals surface area contributed by atoms with Crippen LogP contribution in [0.2, 0.25) is 0 Å². The highest BCUT2D eigenvalue weighted by Gasteiger charge is 2.26. The van der Waals surface area contributed by atoms with Gasteiger partial charge in [-0.05, 0) is 24.5 Å². The second-order valence-electron chi connectivity index (χ2n) is 5.90. The van der Waals surface area contributed by atoms with Gasteiger partial charge < -0.3 is 15.6 Å². The van der Waals surface area contributed by atoms with Crippen LogP contribution in [0.5, 0.6) is 0 Å². The molecule has 0 saturated heterocycles. The Morgan fingerprint density at radius 1 is 1.30 bits per heavy atom. The summed E-state index contributed by atoms with van der Waals surface area (Å²) in [4.78, 5) is 16.1. The molecule has 2 aromatic rings. The van der Waals surface area contributed by atoms with Crippen molar-refractivity contribution in [2.45, 2.75) is 45.3 Å². The van der Waals surface area contributed by atoms with E-state index in [2.05, 4.69) is 22.4 Å². The van der Waals surface area contributed by atoms with Crippen LogP contribution < -0.4 is 11.1 Å². The minimum Gasteiger partial charge on any atom is -0.350 e. The highest BCUT2D eigenvalue weighted by Crippen LogP contribution is 2.10. The highest BCUT2D eigenvalue weighted by atomic mass is 35.5. The number of carbonyl (C=O) groups excluding carboxylic acids is 1. The second kappa shape index (κ2) is 8.70. The molecule has 126 valence electrons. The van der Waals surface area contributed by atoms with E-state index in [-0.39, 0.29) is 18.3 Å². The lowest BCUT2D eigenvalue weighted by molar-refractivity contribution is -0.126. The molecule has 0 fully saturated rings. The SMILES string of the molecule is CCCC(C)(N)C(=O)NCc1ccc(Cn2ccnc2)cc1.Cl. The third kappa shape index (κ3) is 5.69. The molecule has 0 spiro atoms. The summed E-state index contributed by atoms with van der Waals surface area (Å²) in [5.74, 6) is -0.100. The van der Waals surface area contributed by atoms with E-state index in [1.165, 1.54) is 5.56 Å². The summed E-state index contributed by atoms with van der Waals surface area (Å²) in [6.45, 7) is 5.10. The van der Waals surface area contributed by atoms with Crippen LogP contribution in [0.25, 0.3) is 0 Å². The van der Waals surface area contributed by atoms with Gasteiger partial charge in [0.2, 0.25) is 5.91 Å². The van der Waals surface area contributed by atoms with Crippen molar-refractivity contribution in [1.29, 1.82) is 0 Å². The number of rotatable bonds is 7. The summed E-state index contributed by atoms with van der Waals surface area (Å²) in [5.41, 5.74) is 7.48. The lowest BCUT2D eigenvalue weighted by atomic mass is 9.96. The first-order valence-electron chi connectivity index (χ1n) is 7.62. The Labute approximate surface area is 143 Å². The molecule has 3 N–H and O–H groups in total. The van der Waals surface area contributed by atoms with E-state index < -0.39 is 5.54 Å². The van der Waals surface area contributed by atoms with Gasteiger partial charge in [0.1, 0.15) is 0 Å². The van der Waals surface area contributed by atoms with Crippen molar-refractivity contribution >= 4 is 18.3 Å². The molecule has 0 aliphatic carbocycles. The zero-order chi connectivity index (χ0) is 16.0. The molecule has 2 rings (SSSR count). The average molecular weight is 337 g/mol. The molecule has 0 bridgehead atoms. The van der Waals surface area contributed by atoms with Crippen molar-refractivity contribution in [3.8, 4) is 0 Å². The van der Waals surface area contributed by atoms with E-state index in [1.54, 1.807) is 19.4 Å². The molecule has 1 aromatic carbocycles. The lowest BCUT2D eigenvalue weighted by Crippen LogP contribution is -2.51. The number of nitrogens with zero attached hydrogens (tertiary/aromatic N) is 2. The van der Waals surface area contributed by atoms with Crippen LogP contribution in [0, 0.1) is 0 Å². The topological polar surface area (TPSA) is 72.9 Å². The van der Waals surface area contributed by atoms with Crippen LogP contribution in [-0.4, -0.2) is 21.0 Å². The molecule has 0 saturated carbocycles. The first-order valence-corrected chi connectivity index (χ1v) is 7.62. The van der Waals surface area contributed by atoms with Crippen LogP contribution in [0.15, 0.2) is 43.0 Å². The Kier molecular flexibility index (Phi) is 7.26. The molecular formula is C17H25ClN4O. The monoisotopic (exact) mass is 336 g/mol. The van der Waals surface area contributed by atoms with E-state index in [0.29, 0.717) is 13.0 Å². The number of halogens is 1. The van der Waals surface area contributed by atoms with Gasteiger partial charge >= 0.3 is 0 Å². The number of hydrogen-bond acceptors (Lipinski definition) is 3. The summed E-state index contributed by atoms with van der Waals surface area (Å²) in [6, 6.07) is 8.19.